The Balaban J connectivity index is 2.42. The summed E-state index contributed by atoms with van der Waals surface area (Å²) in [7, 11) is 0. The third-order valence-corrected chi connectivity index (χ3v) is 3.70. The summed E-state index contributed by atoms with van der Waals surface area (Å²) < 4.78 is 5.96. The molecule has 0 heterocycles. The first-order chi connectivity index (χ1) is 9.81. The first-order valence-electron chi connectivity index (χ1n) is 7.80. The van der Waals surface area contributed by atoms with Gasteiger partial charge in [0.05, 0.1) is 0 Å². The molecule has 0 saturated carbocycles. The maximum absolute atomic E-state index is 5.96. The van der Waals surface area contributed by atoms with Crippen molar-refractivity contribution in [1.29, 1.82) is 0 Å². The van der Waals surface area contributed by atoms with E-state index in [2.05, 4.69) is 43.0 Å². The van der Waals surface area contributed by atoms with Crippen LogP contribution < -0.4 is 4.74 Å². The number of nitrogens with zero attached hydrogens (tertiary/aromatic N) is 1. The highest BCUT2D eigenvalue weighted by Crippen LogP contribution is 2.20. The summed E-state index contributed by atoms with van der Waals surface area (Å²) >= 11 is 5.78. The number of halogens is 1. The molecule has 0 aliphatic carbocycles. The minimum atomic E-state index is 0.682. The number of alkyl halides is 1. The molecule has 0 aliphatic rings. The second-order valence-electron chi connectivity index (χ2n) is 5.04. The number of hydrogen-bond donors (Lipinski definition) is 0. The van der Waals surface area contributed by atoms with Gasteiger partial charge in [0.1, 0.15) is 12.4 Å². The van der Waals surface area contributed by atoms with Crippen molar-refractivity contribution in [3.8, 4) is 5.75 Å². The van der Waals surface area contributed by atoms with Crippen LogP contribution in [0.5, 0.6) is 5.75 Å². The van der Waals surface area contributed by atoms with E-state index in [1.165, 1.54) is 24.8 Å². The lowest BCUT2D eigenvalue weighted by atomic mass is 10.1. The molecule has 3 heteroatoms. The van der Waals surface area contributed by atoms with E-state index in [1.54, 1.807) is 0 Å². The molecule has 2 nitrogen and oxygen atoms in total. The Hall–Kier alpha value is -0.730. The van der Waals surface area contributed by atoms with Crippen molar-refractivity contribution < 1.29 is 4.74 Å². The third-order valence-electron chi connectivity index (χ3n) is 3.54. The number of unbranched alkanes of at least 4 members (excludes halogenated alkanes) is 2. The topological polar surface area (TPSA) is 12.5 Å². The highest BCUT2D eigenvalue weighted by Gasteiger charge is 2.05. The van der Waals surface area contributed by atoms with Gasteiger partial charge < -0.3 is 4.74 Å². The zero-order valence-electron chi connectivity index (χ0n) is 12.9. The van der Waals surface area contributed by atoms with Crippen molar-refractivity contribution in [3.05, 3.63) is 29.8 Å². The number of benzene rings is 1. The van der Waals surface area contributed by atoms with Gasteiger partial charge in [-0.3, -0.25) is 4.90 Å². The minimum Gasteiger partial charge on any atom is -0.492 e. The van der Waals surface area contributed by atoms with Crippen molar-refractivity contribution >= 4 is 11.6 Å². The van der Waals surface area contributed by atoms with E-state index in [4.69, 9.17) is 16.3 Å². The average Bonchev–Trinajstić information content (AvgIpc) is 2.48. The highest BCUT2D eigenvalue weighted by molar-refractivity contribution is 6.18. The van der Waals surface area contributed by atoms with E-state index in [0.29, 0.717) is 5.88 Å². The van der Waals surface area contributed by atoms with Crippen LogP contribution in [0.2, 0.25) is 0 Å². The van der Waals surface area contributed by atoms with Gasteiger partial charge in [-0.05, 0) is 31.0 Å². The summed E-state index contributed by atoms with van der Waals surface area (Å²) in [6, 6.07) is 8.41. The van der Waals surface area contributed by atoms with E-state index in [-0.39, 0.29) is 0 Å². The van der Waals surface area contributed by atoms with Crippen molar-refractivity contribution in [2.24, 2.45) is 0 Å². The predicted octanol–water partition coefficient (Wildman–Crippen LogP) is 4.36. The molecule has 0 bridgehead atoms. The predicted molar refractivity (Wildman–Crippen MR) is 88.0 cm³/mol. The number of ether oxygens (including phenoxy) is 1. The van der Waals surface area contributed by atoms with Gasteiger partial charge in [0, 0.05) is 19.0 Å². The summed E-state index contributed by atoms with van der Waals surface area (Å²) in [4.78, 5) is 2.31. The molecule has 0 N–H and O–H groups in total. The zero-order valence-corrected chi connectivity index (χ0v) is 13.7. The molecule has 1 rings (SSSR count). The van der Waals surface area contributed by atoms with Gasteiger partial charge in [0.15, 0.2) is 0 Å². The fourth-order valence-electron chi connectivity index (χ4n) is 2.25. The first-order valence-corrected chi connectivity index (χ1v) is 8.34. The molecule has 0 atom stereocenters. The monoisotopic (exact) mass is 297 g/mol. The van der Waals surface area contributed by atoms with E-state index in [1.807, 2.05) is 0 Å². The first kappa shape index (κ1) is 17.3. The summed E-state index contributed by atoms with van der Waals surface area (Å²) in [6.07, 6.45) is 4.90. The van der Waals surface area contributed by atoms with Crippen molar-refractivity contribution in [2.45, 2.75) is 39.5 Å². The molecular formula is C17H28ClNO. The second-order valence-corrected chi connectivity index (χ2v) is 5.41. The molecule has 0 spiro atoms. The van der Waals surface area contributed by atoms with E-state index >= 15 is 0 Å². The molecule has 0 aliphatic heterocycles. The standard InChI is InChI=1S/C17H28ClNO/c1-3-5-6-9-16-10-7-8-11-17(16)20-15-14-19(4-2)13-12-18/h7-8,10-11H,3-6,9,12-15H2,1-2H3. The lowest BCUT2D eigenvalue weighted by molar-refractivity contribution is 0.222. The fraction of sp³-hybridized carbons (Fsp3) is 0.647. The molecular weight excluding hydrogens is 270 g/mol. The van der Waals surface area contributed by atoms with Crippen LogP contribution in [0.15, 0.2) is 24.3 Å². The third kappa shape index (κ3) is 6.62. The zero-order chi connectivity index (χ0) is 14.6. The summed E-state index contributed by atoms with van der Waals surface area (Å²) in [5.41, 5.74) is 1.33. The molecule has 0 aromatic heterocycles. The lowest BCUT2D eigenvalue weighted by Crippen LogP contribution is -2.30. The highest BCUT2D eigenvalue weighted by atomic mass is 35.5. The molecule has 1 aromatic carbocycles. The van der Waals surface area contributed by atoms with Gasteiger partial charge in [-0.25, -0.2) is 0 Å². The van der Waals surface area contributed by atoms with Crippen LogP contribution in [0.1, 0.15) is 38.7 Å². The van der Waals surface area contributed by atoms with Crippen LogP contribution in [-0.2, 0) is 6.42 Å². The van der Waals surface area contributed by atoms with Crippen molar-refractivity contribution in [2.75, 3.05) is 32.1 Å². The largest absolute Gasteiger partial charge is 0.492 e. The van der Waals surface area contributed by atoms with Crippen LogP contribution in [0.3, 0.4) is 0 Å². The molecule has 20 heavy (non-hydrogen) atoms. The minimum absolute atomic E-state index is 0.682. The number of aryl methyl sites for hydroxylation is 1. The van der Waals surface area contributed by atoms with E-state index in [9.17, 15) is 0 Å². The number of hydrogen-bond acceptors (Lipinski definition) is 2. The quantitative estimate of drug-likeness (QED) is 0.444. The normalized spacial score (nSPS) is 11.0. The van der Waals surface area contributed by atoms with Gasteiger partial charge in [-0.15, -0.1) is 11.6 Å². The Morgan fingerprint density at radius 2 is 1.90 bits per heavy atom. The molecule has 1 aromatic rings. The maximum Gasteiger partial charge on any atom is 0.122 e. The number of para-hydroxylation sites is 1. The summed E-state index contributed by atoms with van der Waals surface area (Å²) in [6.45, 7) is 8.01. The Kier molecular flexibility index (Phi) is 9.52. The van der Waals surface area contributed by atoms with E-state index in [0.717, 1.165) is 38.4 Å². The van der Waals surface area contributed by atoms with Crippen LogP contribution in [0, 0.1) is 0 Å². The molecule has 114 valence electrons. The van der Waals surface area contributed by atoms with Gasteiger partial charge in [0.25, 0.3) is 0 Å². The Morgan fingerprint density at radius 1 is 1.10 bits per heavy atom. The van der Waals surface area contributed by atoms with Crippen LogP contribution in [-0.4, -0.2) is 37.0 Å². The van der Waals surface area contributed by atoms with Crippen LogP contribution >= 0.6 is 11.6 Å². The van der Waals surface area contributed by atoms with Gasteiger partial charge in [0.2, 0.25) is 0 Å². The van der Waals surface area contributed by atoms with Crippen LogP contribution in [0.25, 0.3) is 0 Å². The summed E-state index contributed by atoms with van der Waals surface area (Å²) in [5, 5.41) is 0. The Morgan fingerprint density at radius 3 is 2.60 bits per heavy atom. The number of rotatable bonds is 11. The Labute approximate surface area is 129 Å². The molecule has 0 fully saturated rings. The number of likely N-dealkylation sites (N-methyl/N-ethyl adjacent to an activating group) is 1. The molecule has 0 amide bonds. The molecule has 0 unspecified atom stereocenters. The summed E-state index contributed by atoms with van der Waals surface area (Å²) in [5.74, 6) is 1.73. The smallest absolute Gasteiger partial charge is 0.122 e. The van der Waals surface area contributed by atoms with Crippen LogP contribution in [0.4, 0.5) is 0 Å². The van der Waals surface area contributed by atoms with Gasteiger partial charge >= 0.3 is 0 Å². The SMILES string of the molecule is CCCCCc1ccccc1OCCN(CC)CCCl. The lowest BCUT2D eigenvalue weighted by Gasteiger charge is -2.19. The van der Waals surface area contributed by atoms with Gasteiger partial charge in [-0.1, -0.05) is 44.9 Å². The average molecular weight is 298 g/mol. The van der Waals surface area contributed by atoms with Crippen molar-refractivity contribution in [1.82, 2.24) is 4.90 Å². The van der Waals surface area contributed by atoms with Crippen molar-refractivity contribution in [3.63, 3.8) is 0 Å². The Bertz CT molecular complexity index is 357. The fourth-order valence-corrected chi connectivity index (χ4v) is 2.49. The maximum atomic E-state index is 5.96. The molecule has 0 saturated heterocycles. The molecule has 0 radical (unpaired) electrons. The van der Waals surface area contributed by atoms with E-state index < -0.39 is 0 Å². The van der Waals surface area contributed by atoms with Gasteiger partial charge in [-0.2, -0.15) is 0 Å². The second kappa shape index (κ2) is 11.0.